The Labute approximate surface area is 118 Å². The van der Waals surface area contributed by atoms with Crippen LogP contribution in [0.5, 0.6) is 0 Å². The van der Waals surface area contributed by atoms with E-state index in [4.69, 9.17) is 11.5 Å². The first-order valence-electron chi connectivity index (χ1n) is 7.03. The molecule has 110 valence electrons. The molecule has 1 saturated heterocycles. The largest absolute Gasteiger partial charge is 0.366 e. The molecule has 1 heterocycles. The average Bonchev–Trinajstić information content (AvgIpc) is 2.43. The Bertz CT molecular complexity index is 492. The molecule has 0 aliphatic carbocycles. The Kier molecular flexibility index (Phi) is 4.73. The lowest BCUT2D eigenvalue weighted by molar-refractivity contribution is 0.0999. The van der Waals surface area contributed by atoms with Gasteiger partial charge in [0.2, 0.25) is 5.91 Å². The van der Waals surface area contributed by atoms with E-state index in [2.05, 4.69) is 11.8 Å². The minimum Gasteiger partial charge on any atom is -0.366 e. The number of hydrogen-bond donors (Lipinski definition) is 2. The third-order valence-electron chi connectivity index (χ3n) is 4.15. The van der Waals surface area contributed by atoms with Crippen LogP contribution in [0.1, 0.15) is 35.7 Å². The lowest BCUT2D eigenvalue weighted by Gasteiger charge is -2.37. The van der Waals surface area contributed by atoms with Gasteiger partial charge in [0.1, 0.15) is 5.82 Å². The van der Waals surface area contributed by atoms with E-state index in [9.17, 15) is 9.18 Å². The second-order valence-electron chi connectivity index (χ2n) is 5.63. The van der Waals surface area contributed by atoms with E-state index in [-0.39, 0.29) is 5.82 Å². The van der Waals surface area contributed by atoms with Gasteiger partial charge in [-0.05, 0) is 50.4 Å². The van der Waals surface area contributed by atoms with E-state index in [0.29, 0.717) is 36.2 Å². The normalized spacial score (nSPS) is 23.8. The van der Waals surface area contributed by atoms with Crippen LogP contribution in [0.25, 0.3) is 0 Å². The Hall–Kier alpha value is -1.46. The molecule has 2 rings (SSSR count). The fraction of sp³-hybridized carbons (Fsp3) is 0.533. The van der Waals surface area contributed by atoms with Gasteiger partial charge in [0.15, 0.2) is 0 Å². The van der Waals surface area contributed by atoms with Crippen LogP contribution in [0.2, 0.25) is 0 Å². The highest BCUT2D eigenvalue weighted by Crippen LogP contribution is 2.24. The number of piperidine rings is 1. The fourth-order valence-electron chi connectivity index (χ4n) is 2.74. The number of benzene rings is 1. The summed E-state index contributed by atoms with van der Waals surface area (Å²) in [5.41, 5.74) is 11.8. The highest BCUT2D eigenvalue weighted by atomic mass is 19.1. The van der Waals surface area contributed by atoms with Crippen molar-refractivity contribution in [2.75, 3.05) is 13.1 Å². The number of hydrogen-bond acceptors (Lipinski definition) is 3. The molecular formula is C15H22FN3O. The molecule has 0 saturated carbocycles. The first-order valence-corrected chi connectivity index (χ1v) is 7.03. The summed E-state index contributed by atoms with van der Waals surface area (Å²) in [5.74, 6) is -0.358. The van der Waals surface area contributed by atoms with Gasteiger partial charge < -0.3 is 11.5 Å². The summed E-state index contributed by atoms with van der Waals surface area (Å²) in [6.45, 7) is 4.16. The molecule has 4 N–H and O–H groups in total. The summed E-state index contributed by atoms with van der Waals surface area (Å²) in [7, 11) is 0. The van der Waals surface area contributed by atoms with E-state index in [1.165, 1.54) is 12.1 Å². The first-order chi connectivity index (χ1) is 9.51. The van der Waals surface area contributed by atoms with Crippen LogP contribution in [0.4, 0.5) is 4.39 Å². The smallest absolute Gasteiger partial charge is 0.248 e. The highest BCUT2D eigenvalue weighted by molar-refractivity contribution is 5.92. The Morgan fingerprint density at radius 1 is 1.45 bits per heavy atom. The number of primary amides is 1. The molecule has 4 nitrogen and oxygen atoms in total. The van der Waals surface area contributed by atoms with Gasteiger partial charge in [0.05, 0.1) is 0 Å². The number of nitrogens with zero attached hydrogens (tertiary/aromatic N) is 1. The zero-order chi connectivity index (χ0) is 14.7. The van der Waals surface area contributed by atoms with E-state index in [1.807, 2.05) is 0 Å². The Morgan fingerprint density at radius 3 is 2.85 bits per heavy atom. The Balaban J connectivity index is 2.15. The van der Waals surface area contributed by atoms with Crippen molar-refractivity contribution in [3.05, 3.63) is 35.1 Å². The van der Waals surface area contributed by atoms with Crippen molar-refractivity contribution < 1.29 is 9.18 Å². The molecule has 5 heteroatoms. The van der Waals surface area contributed by atoms with Gasteiger partial charge in [-0.1, -0.05) is 0 Å². The van der Waals surface area contributed by atoms with E-state index >= 15 is 0 Å². The maximum Gasteiger partial charge on any atom is 0.248 e. The van der Waals surface area contributed by atoms with Gasteiger partial charge in [0.25, 0.3) is 0 Å². The van der Waals surface area contributed by atoms with Crippen molar-refractivity contribution in [1.29, 1.82) is 0 Å². The molecule has 0 spiro atoms. The molecule has 0 bridgehead atoms. The monoisotopic (exact) mass is 279 g/mol. The van der Waals surface area contributed by atoms with Crippen molar-refractivity contribution in [3.8, 4) is 0 Å². The van der Waals surface area contributed by atoms with Crippen LogP contribution in [0.15, 0.2) is 18.2 Å². The molecule has 0 radical (unpaired) electrons. The summed E-state index contributed by atoms with van der Waals surface area (Å²) < 4.78 is 13.9. The first kappa shape index (κ1) is 14.9. The number of halogens is 1. The van der Waals surface area contributed by atoms with Crippen molar-refractivity contribution in [3.63, 3.8) is 0 Å². The predicted molar refractivity (Wildman–Crippen MR) is 76.6 cm³/mol. The summed E-state index contributed by atoms with van der Waals surface area (Å²) >= 11 is 0. The predicted octanol–water partition coefficient (Wildman–Crippen LogP) is 1.48. The fourth-order valence-corrected chi connectivity index (χ4v) is 2.74. The SMILES string of the molecule is CC1CCC(CN)CN1Cc1cc(C(N)=O)ccc1F. The van der Waals surface area contributed by atoms with Gasteiger partial charge in [0, 0.05) is 30.3 Å². The number of likely N-dealkylation sites (tertiary alicyclic amines) is 1. The summed E-state index contributed by atoms with van der Waals surface area (Å²) in [6, 6.07) is 4.68. The lowest BCUT2D eigenvalue weighted by atomic mass is 9.93. The van der Waals surface area contributed by atoms with Crippen molar-refractivity contribution in [2.24, 2.45) is 17.4 Å². The molecular weight excluding hydrogens is 257 g/mol. The molecule has 1 aromatic rings. The molecule has 1 fully saturated rings. The third kappa shape index (κ3) is 3.35. The molecule has 0 aromatic heterocycles. The van der Waals surface area contributed by atoms with Crippen molar-refractivity contribution in [2.45, 2.75) is 32.4 Å². The van der Waals surface area contributed by atoms with Crippen LogP contribution < -0.4 is 11.5 Å². The molecule has 2 unspecified atom stereocenters. The van der Waals surface area contributed by atoms with Gasteiger partial charge in [-0.2, -0.15) is 0 Å². The van der Waals surface area contributed by atoms with E-state index in [0.717, 1.165) is 19.4 Å². The molecule has 20 heavy (non-hydrogen) atoms. The second-order valence-corrected chi connectivity index (χ2v) is 5.63. The number of carbonyl (C=O) groups excluding carboxylic acids is 1. The quantitative estimate of drug-likeness (QED) is 0.877. The van der Waals surface area contributed by atoms with Gasteiger partial charge in [-0.25, -0.2) is 4.39 Å². The number of rotatable bonds is 4. The standard InChI is InChI=1S/C15H22FN3O/c1-10-2-3-11(7-17)8-19(10)9-13-6-12(15(18)20)4-5-14(13)16/h4-6,10-11H,2-3,7-9,17H2,1H3,(H2,18,20). The van der Waals surface area contributed by atoms with E-state index < -0.39 is 5.91 Å². The van der Waals surface area contributed by atoms with Crippen LogP contribution >= 0.6 is 0 Å². The third-order valence-corrected chi connectivity index (χ3v) is 4.15. The lowest BCUT2D eigenvalue weighted by Crippen LogP contribution is -2.43. The molecule has 1 aliphatic rings. The van der Waals surface area contributed by atoms with Crippen LogP contribution in [0.3, 0.4) is 0 Å². The van der Waals surface area contributed by atoms with Crippen LogP contribution in [-0.4, -0.2) is 29.9 Å². The van der Waals surface area contributed by atoms with Crippen molar-refractivity contribution >= 4 is 5.91 Å². The highest BCUT2D eigenvalue weighted by Gasteiger charge is 2.25. The maximum absolute atomic E-state index is 13.9. The van der Waals surface area contributed by atoms with Crippen LogP contribution in [0, 0.1) is 11.7 Å². The minimum atomic E-state index is -0.530. The topological polar surface area (TPSA) is 72.3 Å². The van der Waals surface area contributed by atoms with E-state index in [1.54, 1.807) is 6.07 Å². The molecule has 1 amide bonds. The van der Waals surface area contributed by atoms with Crippen LogP contribution in [-0.2, 0) is 6.54 Å². The molecule has 2 atom stereocenters. The second kappa shape index (κ2) is 6.33. The summed E-state index contributed by atoms with van der Waals surface area (Å²) in [6.07, 6.45) is 2.19. The van der Waals surface area contributed by atoms with Crippen molar-refractivity contribution in [1.82, 2.24) is 4.90 Å². The Morgan fingerprint density at radius 2 is 2.20 bits per heavy atom. The zero-order valence-corrected chi connectivity index (χ0v) is 11.8. The number of nitrogens with two attached hydrogens (primary N) is 2. The molecule has 1 aromatic carbocycles. The number of amides is 1. The van der Waals surface area contributed by atoms with Gasteiger partial charge >= 0.3 is 0 Å². The minimum absolute atomic E-state index is 0.294. The number of carbonyl (C=O) groups is 1. The van der Waals surface area contributed by atoms with Gasteiger partial charge in [-0.3, -0.25) is 9.69 Å². The maximum atomic E-state index is 13.9. The summed E-state index contributed by atoms with van der Waals surface area (Å²) in [5, 5.41) is 0. The summed E-state index contributed by atoms with van der Waals surface area (Å²) in [4.78, 5) is 13.4. The average molecular weight is 279 g/mol. The zero-order valence-electron chi connectivity index (χ0n) is 11.8. The van der Waals surface area contributed by atoms with Gasteiger partial charge in [-0.15, -0.1) is 0 Å². The molecule has 1 aliphatic heterocycles.